The molecule has 112 valence electrons. The summed E-state index contributed by atoms with van der Waals surface area (Å²) in [4.78, 5) is -0.171. The summed E-state index contributed by atoms with van der Waals surface area (Å²) in [6, 6.07) is 6.96. The topological polar surface area (TPSA) is 123 Å². The lowest BCUT2D eigenvalue weighted by Crippen LogP contribution is -2.38. The molecule has 1 aliphatic heterocycles. The van der Waals surface area contributed by atoms with Gasteiger partial charge in [-0.3, -0.25) is 4.55 Å². The molecule has 0 radical (unpaired) electrons. The van der Waals surface area contributed by atoms with Crippen molar-refractivity contribution in [3.63, 3.8) is 0 Å². The van der Waals surface area contributed by atoms with Gasteiger partial charge in [-0.2, -0.15) is 8.42 Å². The van der Waals surface area contributed by atoms with Crippen molar-refractivity contribution in [1.29, 1.82) is 0 Å². The van der Waals surface area contributed by atoms with E-state index < -0.39 is 51.8 Å². The van der Waals surface area contributed by atoms with Gasteiger partial charge in [-0.05, 0) is 12.1 Å². The summed E-state index contributed by atoms with van der Waals surface area (Å²) in [6.45, 7) is 0. The number of benzene rings is 1. The molecule has 0 amide bonds. The molecule has 0 aliphatic carbocycles. The van der Waals surface area contributed by atoms with E-state index in [1.165, 1.54) is 24.3 Å². The molecule has 2 atom stereocenters. The van der Waals surface area contributed by atoms with Crippen molar-refractivity contribution in [1.82, 2.24) is 0 Å². The van der Waals surface area contributed by atoms with E-state index in [1.54, 1.807) is 6.07 Å². The summed E-state index contributed by atoms with van der Waals surface area (Å²) in [5.74, 6) is -1.70. The maximum atomic E-state index is 12.3. The quantitative estimate of drug-likeness (QED) is 0.737. The van der Waals surface area contributed by atoms with Gasteiger partial charge >= 0.3 is 0 Å². The predicted octanol–water partition coefficient (Wildman–Crippen LogP) is -0.486. The Hall–Kier alpha value is -0.970. The molecule has 20 heavy (non-hydrogen) atoms. The molecule has 1 fully saturated rings. The first kappa shape index (κ1) is 15.4. The zero-order chi connectivity index (χ0) is 15.2. The van der Waals surface area contributed by atoms with Crippen LogP contribution >= 0.6 is 0 Å². The Bertz CT molecular complexity index is 807. The van der Waals surface area contributed by atoms with E-state index in [0.717, 1.165) is 0 Å². The summed E-state index contributed by atoms with van der Waals surface area (Å²) >= 11 is 0. The van der Waals surface area contributed by atoms with E-state index in [2.05, 4.69) is 0 Å². The highest BCUT2D eigenvalue weighted by Crippen LogP contribution is 2.29. The van der Waals surface area contributed by atoms with E-state index in [1.807, 2.05) is 0 Å². The van der Waals surface area contributed by atoms with Crippen molar-refractivity contribution in [2.75, 3.05) is 11.5 Å². The van der Waals surface area contributed by atoms with Gasteiger partial charge in [0.15, 0.2) is 19.7 Å². The Morgan fingerprint density at radius 3 is 1.95 bits per heavy atom. The van der Waals surface area contributed by atoms with Gasteiger partial charge in [-0.25, -0.2) is 16.8 Å². The van der Waals surface area contributed by atoms with Crippen molar-refractivity contribution in [3.05, 3.63) is 30.3 Å². The lowest BCUT2D eigenvalue weighted by Gasteiger charge is -2.15. The zero-order valence-corrected chi connectivity index (χ0v) is 12.5. The molecular formula is C10H12O7S3. The summed E-state index contributed by atoms with van der Waals surface area (Å²) < 4.78 is 79.3. The highest BCUT2D eigenvalue weighted by molar-refractivity contribution is 7.99. The fourth-order valence-corrected chi connectivity index (χ4v) is 9.35. The Morgan fingerprint density at radius 1 is 0.950 bits per heavy atom. The summed E-state index contributed by atoms with van der Waals surface area (Å²) in [6.07, 6.45) is 0. The van der Waals surface area contributed by atoms with Gasteiger partial charge < -0.3 is 0 Å². The third-order valence-electron chi connectivity index (χ3n) is 3.10. The van der Waals surface area contributed by atoms with E-state index in [-0.39, 0.29) is 4.90 Å². The van der Waals surface area contributed by atoms with E-state index in [9.17, 15) is 25.3 Å². The number of hydrogen-bond donors (Lipinski definition) is 1. The molecule has 1 heterocycles. The SMILES string of the molecule is O=S1(=O)C[C@@H](S(=O)(=O)c2ccccc2)[C@@H](S(=O)(=O)O)C1. The average Bonchev–Trinajstić information content (AvgIpc) is 2.67. The molecule has 0 aromatic heterocycles. The van der Waals surface area contributed by atoms with Gasteiger partial charge in [0.05, 0.1) is 21.7 Å². The summed E-state index contributed by atoms with van der Waals surface area (Å²) in [7, 11) is -12.8. The summed E-state index contributed by atoms with van der Waals surface area (Å²) in [5.41, 5.74) is 0. The van der Waals surface area contributed by atoms with Crippen LogP contribution < -0.4 is 0 Å². The van der Waals surface area contributed by atoms with Crippen LogP contribution in [-0.2, 0) is 29.8 Å². The molecule has 0 bridgehead atoms. The number of rotatable bonds is 3. The molecule has 0 spiro atoms. The standard InChI is InChI=1S/C10H12O7S3/c11-18(12)6-9(10(7-18)20(15,16)17)19(13,14)8-4-2-1-3-5-8/h1-5,9-10H,6-7H2,(H,15,16,17)/t9-,10+/m1/s1. The minimum absolute atomic E-state index is 0.171. The van der Waals surface area contributed by atoms with Crippen LogP contribution in [0.1, 0.15) is 0 Å². The molecule has 1 saturated heterocycles. The molecule has 1 aromatic rings. The normalized spacial score (nSPS) is 26.4. The minimum Gasteiger partial charge on any atom is -0.285 e. The molecule has 7 nitrogen and oxygen atoms in total. The fraction of sp³-hybridized carbons (Fsp3) is 0.400. The maximum Gasteiger partial charge on any atom is 0.270 e. The van der Waals surface area contributed by atoms with Crippen LogP contribution in [0.4, 0.5) is 0 Å². The third kappa shape index (κ3) is 2.87. The van der Waals surface area contributed by atoms with Gasteiger partial charge in [0.25, 0.3) is 10.1 Å². The highest BCUT2D eigenvalue weighted by atomic mass is 32.2. The lowest BCUT2D eigenvalue weighted by atomic mass is 10.4. The predicted molar refractivity (Wildman–Crippen MR) is 71.4 cm³/mol. The van der Waals surface area contributed by atoms with E-state index >= 15 is 0 Å². The Morgan fingerprint density at radius 2 is 1.45 bits per heavy atom. The summed E-state index contributed by atoms with van der Waals surface area (Å²) in [5, 5.41) is -3.54. The average molecular weight is 340 g/mol. The molecule has 0 unspecified atom stereocenters. The number of sulfone groups is 2. The number of hydrogen-bond acceptors (Lipinski definition) is 6. The second-order valence-corrected chi connectivity index (χ2v) is 10.5. The second-order valence-electron chi connectivity index (χ2n) is 4.53. The van der Waals surface area contributed by atoms with Crippen molar-refractivity contribution in [2.45, 2.75) is 15.4 Å². The second kappa shape index (κ2) is 4.79. The van der Waals surface area contributed by atoms with Crippen molar-refractivity contribution in [2.24, 2.45) is 0 Å². The molecule has 10 heteroatoms. The van der Waals surface area contributed by atoms with Crippen LogP contribution in [0, 0.1) is 0 Å². The minimum atomic E-state index is -4.77. The monoisotopic (exact) mass is 340 g/mol. The van der Waals surface area contributed by atoms with Crippen LogP contribution in [0.5, 0.6) is 0 Å². The van der Waals surface area contributed by atoms with Gasteiger partial charge in [-0.1, -0.05) is 18.2 Å². The highest BCUT2D eigenvalue weighted by Gasteiger charge is 2.51. The van der Waals surface area contributed by atoms with Crippen molar-refractivity contribution >= 4 is 29.8 Å². The Balaban J connectivity index is 2.56. The van der Waals surface area contributed by atoms with Crippen LogP contribution in [0.2, 0.25) is 0 Å². The zero-order valence-electron chi connectivity index (χ0n) is 10.1. The smallest absolute Gasteiger partial charge is 0.270 e. The lowest BCUT2D eigenvalue weighted by molar-refractivity contribution is 0.469. The first-order chi connectivity index (χ1) is 9.04. The molecule has 1 N–H and O–H groups in total. The first-order valence-corrected chi connectivity index (χ1v) is 10.4. The molecule has 1 aliphatic rings. The van der Waals surface area contributed by atoms with Gasteiger partial charge in [0.2, 0.25) is 0 Å². The molecule has 2 rings (SSSR count). The van der Waals surface area contributed by atoms with Gasteiger partial charge in [-0.15, -0.1) is 0 Å². The van der Waals surface area contributed by atoms with Crippen molar-refractivity contribution in [3.8, 4) is 0 Å². The Labute approximate surface area is 117 Å². The van der Waals surface area contributed by atoms with Crippen LogP contribution in [0.15, 0.2) is 35.2 Å². The van der Waals surface area contributed by atoms with Gasteiger partial charge in [0, 0.05) is 0 Å². The van der Waals surface area contributed by atoms with Crippen LogP contribution in [0.3, 0.4) is 0 Å². The maximum absolute atomic E-state index is 12.3. The van der Waals surface area contributed by atoms with Crippen molar-refractivity contribution < 1.29 is 29.8 Å². The van der Waals surface area contributed by atoms with E-state index in [4.69, 9.17) is 4.55 Å². The Kier molecular flexibility index (Phi) is 3.70. The molecule has 0 saturated carbocycles. The first-order valence-electron chi connectivity index (χ1n) is 5.50. The largest absolute Gasteiger partial charge is 0.285 e. The van der Waals surface area contributed by atoms with Gasteiger partial charge in [0.1, 0.15) is 5.25 Å². The van der Waals surface area contributed by atoms with Crippen LogP contribution in [-0.4, -0.2) is 51.8 Å². The fourth-order valence-electron chi connectivity index (χ4n) is 2.14. The van der Waals surface area contributed by atoms with Crippen LogP contribution in [0.25, 0.3) is 0 Å². The third-order valence-corrected chi connectivity index (χ3v) is 8.91. The molecular weight excluding hydrogens is 328 g/mol. The molecule has 1 aromatic carbocycles. The van der Waals surface area contributed by atoms with E-state index in [0.29, 0.717) is 0 Å².